The number of fused-ring (bicyclic) bond motifs is 1. The summed E-state index contributed by atoms with van der Waals surface area (Å²) in [5.41, 5.74) is 3.81. The van der Waals surface area contributed by atoms with Crippen molar-refractivity contribution in [3.05, 3.63) is 95.1 Å². The van der Waals surface area contributed by atoms with E-state index >= 15 is 0 Å². The van der Waals surface area contributed by atoms with E-state index < -0.39 is 0 Å². The number of anilines is 1. The molecule has 11 nitrogen and oxygen atoms in total. The molecule has 0 radical (unpaired) electrons. The second-order valence-corrected chi connectivity index (χ2v) is 9.48. The summed E-state index contributed by atoms with van der Waals surface area (Å²) in [5.74, 6) is -0.0956. The largest absolute Gasteiger partial charge is 0.377 e. The molecule has 0 atom stereocenters. The lowest BCUT2D eigenvalue weighted by Gasteiger charge is -2.25. The van der Waals surface area contributed by atoms with Gasteiger partial charge in [-0.25, -0.2) is 4.98 Å². The van der Waals surface area contributed by atoms with E-state index in [1.807, 2.05) is 53.3 Å². The molecule has 1 amide bonds. The molecular formula is C28H28N8O3. The number of pyridine rings is 1. The fraction of sp³-hybridized carbons (Fsp3) is 0.250. The molecule has 1 aromatic carbocycles. The van der Waals surface area contributed by atoms with Gasteiger partial charge < -0.3 is 20.4 Å². The number of amides is 1. The first-order valence-electron chi connectivity index (χ1n) is 12.8. The van der Waals surface area contributed by atoms with Crippen LogP contribution in [-0.2, 0) is 29.0 Å². The number of ether oxygens (including phenoxy) is 1. The molecule has 1 aliphatic heterocycles. The Morgan fingerprint density at radius 2 is 2.00 bits per heavy atom. The maximum absolute atomic E-state index is 13.5. The Morgan fingerprint density at radius 1 is 1.13 bits per heavy atom. The number of hydrogen-bond acceptors (Lipinski definition) is 7. The normalized spacial score (nSPS) is 13.3. The highest BCUT2D eigenvalue weighted by atomic mass is 16.5. The number of H-pyrrole nitrogens is 1. The van der Waals surface area contributed by atoms with Gasteiger partial charge in [0.1, 0.15) is 6.54 Å². The van der Waals surface area contributed by atoms with Gasteiger partial charge in [-0.2, -0.15) is 5.10 Å². The molecule has 39 heavy (non-hydrogen) atoms. The first kappa shape index (κ1) is 24.6. The molecule has 5 aromatic rings. The van der Waals surface area contributed by atoms with E-state index in [9.17, 15) is 9.59 Å². The molecule has 5 heterocycles. The molecule has 0 spiro atoms. The van der Waals surface area contributed by atoms with Crippen LogP contribution in [0.3, 0.4) is 0 Å². The highest BCUT2D eigenvalue weighted by Gasteiger charge is 2.22. The molecule has 0 saturated carbocycles. The van der Waals surface area contributed by atoms with Crippen molar-refractivity contribution in [3.63, 3.8) is 0 Å². The van der Waals surface area contributed by atoms with E-state index in [2.05, 4.69) is 30.7 Å². The van der Waals surface area contributed by atoms with Gasteiger partial charge in [0, 0.05) is 47.3 Å². The van der Waals surface area contributed by atoms with Gasteiger partial charge in [0.05, 0.1) is 43.9 Å². The molecule has 6 rings (SSSR count). The minimum Gasteiger partial charge on any atom is -0.377 e. The Bertz CT molecular complexity index is 1620. The first-order chi connectivity index (χ1) is 19.1. The fourth-order valence-electron chi connectivity index (χ4n) is 4.53. The molecule has 0 aliphatic carbocycles. The lowest BCUT2D eigenvalue weighted by atomic mass is 10.1. The van der Waals surface area contributed by atoms with Crippen LogP contribution >= 0.6 is 0 Å². The fourth-order valence-corrected chi connectivity index (χ4v) is 4.53. The van der Waals surface area contributed by atoms with Gasteiger partial charge in [-0.05, 0) is 24.1 Å². The molecular weight excluding hydrogens is 496 g/mol. The van der Waals surface area contributed by atoms with E-state index in [4.69, 9.17) is 4.74 Å². The van der Waals surface area contributed by atoms with Crippen molar-refractivity contribution < 1.29 is 9.53 Å². The van der Waals surface area contributed by atoms with Crippen LogP contribution in [0.25, 0.3) is 22.2 Å². The zero-order valence-corrected chi connectivity index (χ0v) is 21.2. The van der Waals surface area contributed by atoms with Crippen molar-refractivity contribution in [3.8, 4) is 11.3 Å². The third-order valence-electron chi connectivity index (χ3n) is 6.75. The number of nitrogens with zero attached hydrogens (tertiary/aromatic N) is 5. The van der Waals surface area contributed by atoms with Crippen LogP contribution in [0.4, 0.5) is 5.82 Å². The number of rotatable bonds is 10. The van der Waals surface area contributed by atoms with Crippen molar-refractivity contribution in [1.82, 2.24) is 34.6 Å². The van der Waals surface area contributed by atoms with Crippen LogP contribution in [-0.4, -0.2) is 55.0 Å². The highest BCUT2D eigenvalue weighted by molar-refractivity contribution is 5.80. The number of hydrogen-bond donors (Lipinski definition) is 3. The number of benzene rings is 1. The molecule has 1 saturated heterocycles. The summed E-state index contributed by atoms with van der Waals surface area (Å²) in [4.78, 5) is 38.4. The molecule has 1 aliphatic rings. The number of aromatic amines is 1. The third-order valence-corrected chi connectivity index (χ3v) is 6.75. The molecule has 1 fully saturated rings. The quantitative estimate of drug-likeness (QED) is 0.256. The van der Waals surface area contributed by atoms with Crippen molar-refractivity contribution in [2.45, 2.75) is 25.6 Å². The van der Waals surface area contributed by atoms with E-state index in [1.54, 1.807) is 24.8 Å². The Kier molecular flexibility index (Phi) is 6.88. The Balaban J connectivity index is 1.21. The predicted octanol–water partition coefficient (Wildman–Crippen LogP) is 2.53. The van der Waals surface area contributed by atoms with Crippen LogP contribution in [0.15, 0.2) is 78.2 Å². The van der Waals surface area contributed by atoms with Crippen LogP contribution < -0.4 is 16.2 Å². The first-order valence-corrected chi connectivity index (χ1v) is 12.8. The summed E-state index contributed by atoms with van der Waals surface area (Å²) in [7, 11) is 0. The Labute approximate surface area is 223 Å². The van der Waals surface area contributed by atoms with Gasteiger partial charge in [0.15, 0.2) is 5.82 Å². The molecule has 0 bridgehead atoms. The summed E-state index contributed by atoms with van der Waals surface area (Å²) in [6.45, 7) is 1.87. The summed E-state index contributed by atoms with van der Waals surface area (Å²) >= 11 is 0. The Hall–Kier alpha value is -4.77. The summed E-state index contributed by atoms with van der Waals surface area (Å²) in [6, 6.07) is 14.0. The van der Waals surface area contributed by atoms with Gasteiger partial charge >= 0.3 is 0 Å². The van der Waals surface area contributed by atoms with Gasteiger partial charge in [-0.3, -0.25) is 23.8 Å². The SMILES string of the molecule is O=C(Cn1c(-c2cnn(C3COC3)c2)cnc(NCCc2ccccc2)c1=O)NCc1cc2cnccc2[nH]1. The van der Waals surface area contributed by atoms with Crippen molar-refractivity contribution in [2.24, 2.45) is 0 Å². The van der Waals surface area contributed by atoms with Gasteiger partial charge in [-0.1, -0.05) is 30.3 Å². The van der Waals surface area contributed by atoms with Crippen LogP contribution in [0.2, 0.25) is 0 Å². The standard InChI is InChI=1S/C28H28N8O3/c37-26(31-13-22-10-20-11-29-8-7-24(20)34-22)16-35-25(21-12-33-36(15-21)23-17-39-18-23)14-32-27(28(35)38)30-9-6-19-4-2-1-3-5-19/h1-5,7-8,10-12,14-15,23,34H,6,9,13,16-18H2,(H,30,32)(H,31,37). The minimum atomic E-state index is -0.368. The lowest BCUT2D eigenvalue weighted by molar-refractivity contribution is -0.121. The average Bonchev–Trinajstić information content (AvgIpc) is 3.56. The number of nitrogens with one attached hydrogen (secondary N) is 3. The number of carbonyl (C=O) groups is 1. The summed E-state index contributed by atoms with van der Waals surface area (Å²) < 4.78 is 8.54. The van der Waals surface area contributed by atoms with Gasteiger partial charge in [0.2, 0.25) is 5.91 Å². The van der Waals surface area contributed by atoms with E-state index in [0.29, 0.717) is 37.6 Å². The zero-order valence-electron chi connectivity index (χ0n) is 21.2. The molecule has 4 aromatic heterocycles. The maximum Gasteiger partial charge on any atom is 0.294 e. The van der Waals surface area contributed by atoms with Crippen molar-refractivity contribution >= 4 is 22.6 Å². The second-order valence-electron chi connectivity index (χ2n) is 9.48. The topological polar surface area (TPSA) is 132 Å². The smallest absolute Gasteiger partial charge is 0.294 e. The van der Waals surface area contributed by atoms with E-state index in [0.717, 1.165) is 28.6 Å². The number of aromatic nitrogens is 6. The summed E-state index contributed by atoms with van der Waals surface area (Å²) in [6.07, 6.45) is 9.37. The number of carbonyl (C=O) groups excluding carboxylic acids is 1. The maximum atomic E-state index is 13.5. The summed E-state index contributed by atoms with van der Waals surface area (Å²) in [5, 5.41) is 11.5. The molecule has 11 heteroatoms. The van der Waals surface area contributed by atoms with E-state index in [-0.39, 0.29) is 29.9 Å². The predicted molar refractivity (Wildman–Crippen MR) is 146 cm³/mol. The zero-order chi connectivity index (χ0) is 26.6. The molecule has 3 N–H and O–H groups in total. The lowest BCUT2D eigenvalue weighted by Crippen LogP contribution is -2.34. The van der Waals surface area contributed by atoms with Crippen LogP contribution in [0.1, 0.15) is 17.3 Å². The minimum absolute atomic E-state index is 0.163. The van der Waals surface area contributed by atoms with Crippen LogP contribution in [0, 0.1) is 0 Å². The average molecular weight is 525 g/mol. The van der Waals surface area contributed by atoms with Crippen LogP contribution in [0.5, 0.6) is 0 Å². The Morgan fingerprint density at radius 3 is 2.79 bits per heavy atom. The van der Waals surface area contributed by atoms with Gasteiger partial charge in [0.25, 0.3) is 5.56 Å². The third kappa shape index (κ3) is 5.43. The van der Waals surface area contributed by atoms with Crippen molar-refractivity contribution in [1.29, 1.82) is 0 Å². The molecule has 0 unspecified atom stereocenters. The van der Waals surface area contributed by atoms with E-state index in [1.165, 1.54) is 4.57 Å². The van der Waals surface area contributed by atoms with Gasteiger partial charge in [-0.15, -0.1) is 0 Å². The monoisotopic (exact) mass is 524 g/mol. The van der Waals surface area contributed by atoms with Crippen molar-refractivity contribution in [2.75, 3.05) is 25.1 Å². The second kappa shape index (κ2) is 10.9. The molecule has 198 valence electrons. The highest BCUT2D eigenvalue weighted by Crippen LogP contribution is 2.22.